The lowest BCUT2D eigenvalue weighted by molar-refractivity contribution is -0.162. The number of amides is 3. The number of carbonyl (C=O) groups is 4. The maximum Gasteiger partial charge on any atom is 0.313 e. The number of aliphatic hydroxyl groups is 1. The van der Waals surface area contributed by atoms with E-state index in [2.05, 4.69) is 5.32 Å². The summed E-state index contributed by atoms with van der Waals surface area (Å²) in [5, 5.41) is 12.3. The number of hydrogen-bond donors (Lipinski definition) is 2. The number of aryl methyl sites for hydroxylation is 2. The molecule has 11 heteroatoms. The summed E-state index contributed by atoms with van der Waals surface area (Å²) in [7, 11) is 1.52. The summed E-state index contributed by atoms with van der Waals surface area (Å²) in [6.45, 7) is 4.68. The third-order valence-corrected chi connectivity index (χ3v) is 10.5. The highest BCUT2D eigenvalue weighted by Gasteiger charge is 2.71. The van der Waals surface area contributed by atoms with Gasteiger partial charge in [0.1, 0.15) is 23.7 Å². The van der Waals surface area contributed by atoms with E-state index in [0.29, 0.717) is 31.4 Å². The minimum Gasteiger partial charge on any atom is -0.455 e. The zero-order chi connectivity index (χ0) is 36.1. The summed E-state index contributed by atoms with van der Waals surface area (Å²) in [6.07, 6.45) is 8.85. The van der Waals surface area contributed by atoms with Crippen LogP contribution in [0, 0.1) is 25.7 Å². The Morgan fingerprint density at radius 3 is 2.53 bits per heavy atom. The number of nitrogens with one attached hydrogen (secondary N) is 1. The van der Waals surface area contributed by atoms with Crippen molar-refractivity contribution < 1.29 is 38.5 Å². The van der Waals surface area contributed by atoms with Gasteiger partial charge < -0.3 is 34.4 Å². The number of nitrogens with zero attached hydrogens (tertiary/aromatic N) is 2. The van der Waals surface area contributed by atoms with E-state index in [4.69, 9.17) is 14.2 Å². The number of unbranched alkanes of at least 4 members (excludes halogenated alkanes) is 3. The largest absolute Gasteiger partial charge is 0.455 e. The van der Waals surface area contributed by atoms with Crippen molar-refractivity contribution in [2.45, 2.75) is 82.3 Å². The van der Waals surface area contributed by atoms with Crippen molar-refractivity contribution in [3.05, 3.63) is 89.5 Å². The molecule has 272 valence electrons. The number of carbonyl (C=O) groups excluding carboxylic acids is 4. The predicted octanol–water partition coefficient (Wildman–Crippen LogP) is 4.11. The maximum atomic E-state index is 14.9. The van der Waals surface area contributed by atoms with E-state index in [1.165, 1.54) is 7.11 Å². The number of allylic oxidation sites excluding steroid dienone is 1. The van der Waals surface area contributed by atoms with Gasteiger partial charge in [0.15, 0.2) is 0 Å². The van der Waals surface area contributed by atoms with E-state index in [0.717, 1.165) is 29.7 Å². The highest BCUT2D eigenvalue weighted by Crippen LogP contribution is 2.53. The van der Waals surface area contributed by atoms with Gasteiger partial charge in [-0.2, -0.15) is 0 Å². The highest BCUT2D eigenvalue weighted by atomic mass is 16.6. The van der Waals surface area contributed by atoms with Gasteiger partial charge in [0.25, 0.3) is 5.91 Å². The normalized spacial score (nSPS) is 30.0. The number of likely N-dealkylation sites (tertiary alicyclic amines) is 1. The molecule has 0 radical (unpaired) electrons. The van der Waals surface area contributed by atoms with Gasteiger partial charge in [0, 0.05) is 38.9 Å². The van der Waals surface area contributed by atoms with Gasteiger partial charge in [-0.15, -0.1) is 0 Å². The van der Waals surface area contributed by atoms with Crippen molar-refractivity contribution in [1.82, 2.24) is 10.2 Å². The number of methoxy groups -OCH3 is 1. The molecule has 0 bridgehead atoms. The molecule has 0 unspecified atom stereocenters. The van der Waals surface area contributed by atoms with E-state index in [1.807, 2.05) is 74.5 Å². The fourth-order valence-electron chi connectivity index (χ4n) is 8.10. The topological polar surface area (TPSA) is 135 Å². The first-order valence-corrected chi connectivity index (χ1v) is 18.1. The van der Waals surface area contributed by atoms with Crippen LogP contribution in [0.2, 0.25) is 0 Å². The molecule has 4 aliphatic rings. The van der Waals surface area contributed by atoms with Crippen LogP contribution in [0.25, 0.3) is 0 Å². The van der Waals surface area contributed by atoms with Gasteiger partial charge in [0.2, 0.25) is 11.8 Å². The summed E-state index contributed by atoms with van der Waals surface area (Å²) in [4.78, 5) is 60.7. The molecule has 6 rings (SSSR count). The molecule has 2 aromatic carbocycles. The van der Waals surface area contributed by atoms with Crippen molar-refractivity contribution in [2.75, 3.05) is 38.3 Å². The molecule has 2 aromatic rings. The van der Waals surface area contributed by atoms with Crippen LogP contribution >= 0.6 is 0 Å². The van der Waals surface area contributed by atoms with Crippen LogP contribution in [-0.2, 0) is 33.4 Å². The molecule has 2 fully saturated rings. The van der Waals surface area contributed by atoms with Gasteiger partial charge in [-0.25, -0.2) is 0 Å². The second-order valence-corrected chi connectivity index (χ2v) is 14.0. The minimum atomic E-state index is -1.44. The number of rotatable bonds is 10. The molecule has 4 heterocycles. The highest BCUT2D eigenvalue weighted by molar-refractivity contribution is 6.06. The lowest BCUT2D eigenvalue weighted by Crippen LogP contribution is -2.55. The number of ether oxygens (including phenoxy) is 3. The smallest absolute Gasteiger partial charge is 0.313 e. The zero-order valence-corrected chi connectivity index (χ0v) is 29.7. The molecule has 0 aliphatic carbocycles. The quantitative estimate of drug-likeness (QED) is 0.215. The van der Waals surface area contributed by atoms with E-state index in [-0.39, 0.29) is 43.9 Å². The maximum absolute atomic E-state index is 14.9. The Labute approximate surface area is 299 Å². The third-order valence-electron chi connectivity index (χ3n) is 10.5. The van der Waals surface area contributed by atoms with E-state index < -0.39 is 47.7 Å². The molecule has 51 heavy (non-hydrogen) atoms. The fraction of sp³-hybridized carbons (Fsp3) is 0.500. The number of esters is 1. The third kappa shape index (κ3) is 7.24. The summed E-state index contributed by atoms with van der Waals surface area (Å²) >= 11 is 0. The number of hydrogen-bond acceptors (Lipinski definition) is 8. The fourth-order valence-corrected chi connectivity index (χ4v) is 8.10. The van der Waals surface area contributed by atoms with Crippen LogP contribution in [-0.4, -0.2) is 90.9 Å². The Balaban J connectivity index is 1.43. The van der Waals surface area contributed by atoms with Gasteiger partial charge in [-0.1, -0.05) is 79.6 Å². The van der Waals surface area contributed by atoms with Crippen molar-refractivity contribution in [3.63, 3.8) is 0 Å². The molecule has 0 aromatic heterocycles. The first-order valence-electron chi connectivity index (χ1n) is 18.1. The zero-order valence-electron chi connectivity index (χ0n) is 29.7. The van der Waals surface area contributed by atoms with E-state index in [9.17, 15) is 24.3 Å². The summed E-state index contributed by atoms with van der Waals surface area (Å²) in [5.74, 6) is -3.56. The molecular formula is C40H49N3O8. The summed E-state index contributed by atoms with van der Waals surface area (Å²) in [5.41, 5.74) is 1.92. The van der Waals surface area contributed by atoms with Gasteiger partial charge >= 0.3 is 5.97 Å². The second-order valence-electron chi connectivity index (χ2n) is 14.0. The average molecular weight is 700 g/mol. The van der Waals surface area contributed by atoms with Crippen LogP contribution in [0.5, 0.6) is 0 Å². The molecule has 4 aliphatic heterocycles. The van der Waals surface area contributed by atoms with E-state index >= 15 is 0 Å². The Bertz CT molecular complexity index is 1660. The molecule has 2 N–H and O–H groups in total. The molecule has 0 saturated carbocycles. The van der Waals surface area contributed by atoms with Crippen LogP contribution < -0.4 is 10.2 Å². The van der Waals surface area contributed by atoms with Crippen molar-refractivity contribution >= 4 is 29.4 Å². The second kappa shape index (κ2) is 15.9. The molecule has 11 nitrogen and oxygen atoms in total. The van der Waals surface area contributed by atoms with Crippen LogP contribution in [0.4, 0.5) is 5.69 Å². The van der Waals surface area contributed by atoms with Crippen molar-refractivity contribution in [1.29, 1.82) is 0 Å². The minimum absolute atomic E-state index is 0.0862. The van der Waals surface area contributed by atoms with Crippen LogP contribution in [0.3, 0.4) is 0 Å². The Kier molecular flexibility index (Phi) is 11.4. The Hall–Kier alpha value is -4.32. The number of cyclic esters (lactones) is 1. The van der Waals surface area contributed by atoms with Gasteiger partial charge in [-0.3, -0.25) is 19.2 Å². The Morgan fingerprint density at radius 2 is 1.76 bits per heavy atom. The summed E-state index contributed by atoms with van der Waals surface area (Å²) < 4.78 is 18.7. The monoisotopic (exact) mass is 699 g/mol. The van der Waals surface area contributed by atoms with Gasteiger partial charge in [0.05, 0.1) is 24.7 Å². The number of benzene rings is 2. The van der Waals surface area contributed by atoms with Crippen LogP contribution in [0.15, 0.2) is 72.8 Å². The molecule has 7 atom stereocenters. The molecular weight excluding hydrogens is 650 g/mol. The van der Waals surface area contributed by atoms with Crippen LogP contribution in [0.1, 0.15) is 61.3 Å². The summed E-state index contributed by atoms with van der Waals surface area (Å²) in [6, 6.07) is 13.4. The molecule has 2 saturated heterocycles. The predicted molar refractivity (Wildman–Crippen MR) is 191 cm³/mol. The van der Waals surface area contributed by atoms with Crippen molar-refractivity contribution in [2.24, 2.45) is 11.8 Å². The number of fused-ring (bicyclic) bond motifs is 2. The molecule has 1 spiro atoms. The first kappa shape index (κ1) is 36.5. The Morgan fingerprint density at radius 1 is 0.980 bits per heavy atom. The number of anilines is 1. The molecule has 3 amide bonds. The standard InChI is InChI=1S/C40H49N3O8/c1-26-18-19-27(2)30(24-26)42-22-13-20-40-34(37(46)43(36(40)38(42)47)21-11-4-5-12-23-44)33-31(51-40)16-9-10-17-32(45)41-29(25-49-3)35(50-39(33)48)28-14-7-6-8-15-28/h6-9,13-16,18-20,24,29,31,33-36,44H,4-5,10-12,17,21-23,25H2,1-3H3,(H,41,45)/b16-9-/t29-,31-,33+,34+,35-,36-,40+/m1/s1. The lowest BCUT2D eigenvalue weighted by Gasteiger charge is -2.36. The van der Waals surface area contributed by atoms with Crippen molar-refractivity contribution in [3.8, 4) is 0 Å². The lowest BCUT2D eigenvalue weighted by atomic mass is 9.77. The van der Waals surface area contributed by atoms with E-state index in [1.54, 1.807) is 22.0 Å². The SMILES string of the molecule is COC[C@H]1NC(=O)CC/C=C\[C@H]2O[C@]34C=CCN(c5cc(C)ccc5C)C(=O)[C@H]3N(CCCCCCO)C(=O)[C@@H]4[C@H]2C(=O)O[C@@H]1c1ccccc1. The first-order chi connectivity index (χ1) is 24.7. The average Bonchev–Trinajstić information content (AvgIpc) is 3.50. The number of aliphatic hydroxyl groups excluding tert-OH is 1. The van der Waals surface area contributed by atoms with Gasteiger partial charge in [-0.05, 0) is 55.9 Å².